The van der Waals surface area contributed by atoms with Gasteiger partial charge in [0.2, 0.25) is 0 Å². The van der Waals surface area contributed by atoms with Gasteiger partial charge < -0.3 is 4.74 Å². The van der Waals surface area contributed by atoms with Gasteiger partial charge in [0.15, 0.2) is 0 Å². The summed E-state index contributed by atoms with van der Waals surface area (Å²) in [6, 6.07) is 6.53. The summed E-state index contributed by atoms with van der Waals surface area (Å²) < 4.78 is 5.54. The first-order valence-corrected chi connectivity index (χ1v) is 7.14. The lowest BCUT2D eigenvalue weighted by atomic mass is 9.93. The fourth-order valence-corrected chi connectivity index (χ4v) is 3.99. The van der Waals surface area contributed by atoms with Gasteiger partial charge in [0, 0.05) is 6.42 Å². The van der Waals surface area contributed by atoms with E-state index in [-0.39, 0.29) is 5.38 Å². The van der Waals surface area contributed by atoms with E-state index in [0.717, 1.165) is 30.6 Å². The van der Waals surface area contributed by atoms with E-state index in [4.69, 9.17) is 16.3 Å². The van der Waals surface area contributed by atoms with E-state index >= 15 is 0 Å². The van der Waals surface area contributed by atoms with E-state index in [1.807, 2.05) is 0 Å². The molecule has 1 heterocycles. The standard InChI is InChI=1S/C15H17ClO/c16-15(13-7-11-6-12(11)8-13)10-1-2-14-9(5-10)3-4-17-14/h1-2,5,11-13,15H,3-4,6-8H2. The average molecular weight is 249 g/mol. The molecule has 2 fully saturated rings. The average Bonchev–Trinajstić information content (AvgIpc) is 2.82. The van der Waals surface area contributed by atoms with Gasteiger partial charge in [0.05, 0.1) is 12.0 Å². The molecule has 2 saturated carbocycles. The van der Waals surface area contributed by atoms with E-state index in [2.05, 4.69) is 18.2 Å². The van der Waals surface area contributed by atoms with Crippen molar-refractivity contribution < 1.29 is 4.74 Å². The van der Waals surface area contributed by atoms with Gasteiger partial charge in [0.1, 0.15) is 5.75 Å². The fourth-order valence-electron chi connectivity index (χ4n) is 3.65. The number of alkyl halides is 1. The van der Waals surface area contributed by atoms with Crippen molar-refractivity contribution in [3.05, 3.63) is 29.3 Å². The topological polar surface area (TPSA) is 9.23 Å². The Morgan fingerprint density at radius 2 is 2.00 bits per heavy atom. The quantitative estimate of drug-likeness (QED) is 0.721. The maximum absolute atomic E-state index is 6.66. The third-order valence-electron chi connectivity index (χ3n) is 4.73. The lowest BCUT2D eigenvalue weighted by molar-refractivity contribution is 0.356. The second-order valence-corrected chi connectivity index (χ2v) is 6.32. The maximum atomic E-state index is 6.66. The van der Waals surface area contributed by atoms with Crippen LogP contribution in [0.25, 0.3) is 0 Å². The summed E-state index contributed by atoms with van der Waals surface area (Å²) in [6.45, 7) is 0.833. The number of rotatable bonds is 2. The number of hydrogen-bond acceptors (Lipinski definition) is 1. The van der Waals surface area contributed by atoms with Crippen LogP contribution in [0.4, 0.5) is 0 Å². The van der Waals surface area contributed by atoms with Crippen LogP contribution in [0.15, 0.2) is 18.2 Å². The lowest BCUT2D eigenvalue weighted by Gasteiger charge is -2.19. The fraction of sp³-hybridized carbons (Fsp3) is 0.600. The summed E-state index contributed by atoms with van der Waals surface area (Å²) in [7, 11) is 0. The normalized spacial score (nSPS) is 35.0. The zero-order valence-electron chi connectivity index (χ0n) is 9.86. The van der Waals surface area contributed by atoms with E-state index in [9.17, 15) is 0 Å². The van der Waals surface area contributed by atoms with E-state index < -0.39 is 0 Å². The molecule has 2 heteroatoms. The van der Waals surface area contributed by atoms with Crippen LogP contribution in [0.1, 0.15) is 35.8 Å². The zero-order chi connectivity index (χ0) is 11.4. The van der Waals surface area contributed by atoms with Crippen LogP contribution in [0, 0.1) is 17.8 Å². The minimum Gasteiger partial charge on any atom is -0.493 e. The predicted octanol–water partition coefficient (Wildman–Crippen LogP) is 3.95. The van der Waals surface area contributed by atoms with E-state index in [1.54, 1.807) is 0 Å². The molecule has 0 amide bonds. The predicted molar refractivity (Wildman–Crippen MR) is 68.6 cm³/mol. The molecule has 17 heavy (non-hydrogen) atoms. The number of hydrogen-bond donors (Lipinski definition) is 0. The largest absolute Gasteiger partial charge is 0.493 e. The first kappa shape index (κ1) is 10.3. The Morgan fingerprint density at radius 1 is 1.18 bits per heavy atom. The molecule has 0 aromatic heterocycles. The molecule has 90 valence electrons. The van der Waals surface area contributed by atoms with Crippen LogP contribution >= 0.6 is 11.6 Å². The number of halogens is 1. The van der Waals surface area contributed by atoms with E-state index in [1.165, 1.54) is 30.4 Å². The molecule has 3 atom stereocenters. The summed E-state index contributed by atoms with van der Waals surface area (Å²) in [6.07, 6.45) is 5.22. The van der Waals surface area contributed by atoms with Gasteiger partial charge in [0.25, 0.3) is 0 Å². The van der Waals surface area contributed by atoms with Crippen LogP contribution in [-0.4, -0.2) is 6.61 Å². The first-order chi connectivity index (χ1) is 8.31. The van der Waals surface area contributed by atoms with Crippen molar-refractivity contribution >= 4 is 11.6 Å². The highest BCUT2D eigenvalue weighted by Crippen LogP contribution is 2.58. The Morgan fingerprint density at radius 3 is 2.82 bits per heavy atom. The van der Waals surface area contributed by atoms with E-state index in [0.29, 0.717) is 5.92 Å². The zero-order valence-corrected chi connectivity index (χ0v) is 10.6. The number of fused-ring (bicyclic) bond motifs is 2. The molecule has 3 unspecified atom stereocenters. The summed E-state index contributed by atoms with van der Waals surface area (Å²) in [4.78, 5) is 0. The SMILES string of the molecule is ClC(c1ccc2c(c1)CCO2)C1CC2CC2C1. The van der Waals surface area contributed by atoms with Crippen molar-refractivity contribution in [3.63, 3.8) is 0 Å². The third kappa shape index (κ3) is 1.67. The highest BCUT2D eigenvalue weighted by Gasteiger charge is 2.47. The molecule has 1 aliphatic heterocycles. The van der Waals surface area contributed by atoms with Gasteiger partial charge in [-0.15, -0.1) is 11.6 Å². The Balaban J connectivity index is 1.57. The van der Waals surface area contributed by atoms with Gasteiger partial charge in [-0.1, -0.05) is 12.1 Å². The molecule has 0 bridgehead atoms. The van der Waals surface area contributed by atoms with Crippen molar-refractivity contribution in [2.75, 3.05) is 6.61 Å². The summed E-state index contributed by atoms with van der Waals surface area (Å²) >= 11 is 6.66. The molecule has 1 nitrogen and oxygen atoms in total. The molecule has 1 aromatic carbocycles. The second-order valence-electron chi connectivity index (χ2n) is 5.85. The molecule has 4 rings (SSSR count). The summed E-state index contributed by atoms with van der Waals surface area (Å²) in [5, 5.41) is 0.216. The minimum atomic E-state index is 0.216. The summed E-state index contributed by atoms with van der Waals surface area (Å²) in [5.41, 5.74) is 2.65. The first-order valence-electron chi connectivity index (χ1n) is 6.71. The Bertz CT molecular complexity index is 446. The van der Waals surface area contributed by atoms with Crippen molar-refractivity contribution in [3.8, 4) is 5.75 Å². The molecule has 2 aliphatic carbocycles. The molecule has 0 saturated heterocycles. The molecule has 0 radical (unpaired) electrons. The molecule has 0 N–H and O–H groups in total. The molecule has 1 aromatic rings. The summed E-state index contributed by atoms with van der Waals surface area (Å²) in [5.74, 6) is 3.80. The Kier molecular flexibility index (Phi) is 2.20. The number of benzene rings is 1. The Labute approximate surface area is 107 Å². The molecule has 3 aliphatic rings. The molecule has 0 spiro atoms. The monoisotopic (exact) mass is 248 g/mol. The maximum Gasteiger partial charge on any atom is 0.122 e. The van der Waals surface area contributed by atoms with Crippen LogP contribution in [0.3, 0.4) is 0 Å². The second kappa shape index (κ2) is 3.65. The van der Waals surface area contributed by atoms with Crippen LogP contribution in [0.5, 0.6) is 5.75 Å². The van der Waals surface area contributed by atoms with Gasteiger partial charge in [-0.25, -0.2) is 0 Å². The lowest BCUT2D eigenvalue weighted by Crippen LogP contribution is -2.06. The van der Waals surface area contributed by atoms with Crippen molar-refractivity contribution in [2.45, 2.75) is 31.1 Å². The highest BCUT2D eigenvalue weighted by molar-refractivity contribution is 6.21. The van der Waals surface area contributed by atoms with Crippen molar-refractivity contribution in [2.24, 2.45) is 17.8 Å². The third-order valence-corrected chi connectivity index (χ3v) is 5.33. The molecular formula is C15H17ClO. The minimum absolute atomic E-state index is 0.216. The van der Waals surface area contributed by atoms with Crippen molar-refractivity contribution in [1.82, 2.24) is 0 Å². The van der Waals surface area contributed by atoms with Gasteiger partial charge in [-0.3, -0.25) is 0 Å². The van der Waals surface area contributed by atoms with Gasteiger partial charge in [-0.05, 0) is 54.2 Å². The van der Waals surface area contributed by atoms with Crippen LogP contribution in [-0.2, 0) is 6.42 Å². The highest BCUT2D eigenvalue weighted by atomic mass is 35.5. The molecular weight excluding hydrogens is 232 g/mol. The van der Waals surface area contributed by atoms with Gasteiger partial charge in [-0.2, -0.15) is 0 Å². The smallest absolute Gasteiger partial charge is 0.122 e. The Hall–Kier alpha value is -0.690. The van der Waals surface area contributed by atoms with Crippen molar-refractivity contribution in [1.29, 1.82) is 0 Å². The van der Waals surface area contributed by atoms with Crippen LogP contribution in [0.2, 0.25) is 0 Å². The number of ether oxygens (including phenoxy) is 1. The van der Waals surface area contributed by atoms with Gasteiger partial charge >= 0.3 is 0 Å². The van der Waals surface area contributed by atoms with Crippen LogP contribution < -0.4 is 4.74 Å².